The lowest BCUT2D eigenvalue weighted by Crippen LogP contribution is -2.51. The zero-order valence-corrected chi connectivity index (χ0v) is 24.4. The number of nitrogens with zero attached hydrogens (tertiary/aromatic N) is 4. The van der Waals surface area contributed by atoms with Crippen molar-refractivity contribution in [1.29, 1.82) is 0 Å². The Morgan fingerprint density at radius 2 is 1.88 bits per heavy atom. The Hall–Kier alpha value is -3.56. The lowest BCUT2D eigenvalue weighted by Gasteiger charge is -2.33. The summed E-state index contributed by atoms with van der Waals surface area (Å²) in [5, 5.41) is 11.7. The van der Waals surface area contributed by atoms with E-state index in [0.717, 1.165) is 23.4 Å². The van der Waals surface area contributed by atoms with Gasteiger partial charge in [0.15, 0.2) is 11.5 Å². The molecule has 0 unspecified atom stereocenters. The van der Waals surface area contributed by atoms with E-state index in [0.29, 0.717) is 56.6 Å². The Morgan fingerprint density at radius 3 is 2.60 bits per heavy atom. The summed E-state index contributed by atoms with van der Waals surface area (Å²) in [6, 6.07) is 11.8. The Morgan fingerprint density at radius 1 is 1.05 bits per heavy atom. The van der Waals surface area contributed by atoms with Crippen molar-refractivity contribution in [3.05, 3.63) is 71.3 Å². The highest BCUT2D eigenvalue weighted by atomic mass is 16.5. The first-order chi connectivity index (χ1) is 19.2. The second-order valence-electron chi connectivity index (χ2n) is 10.6. The predicted octanol–water partition coefficient (Wildman–Crippen LogP) is 3.62. The molecule has 2 heterocycles. The van der Waals surface area contributed by atoms with Crippen LogP contribution >= 0.6 is 0 Å². The SMILES string of the molecule is CCc1nccn1CCOc1cc(CN2CCN(C(C)=O)C[C@](O)(COc3ccc(C)c(C)c3)C2)ccc1OC. The van der Waals surface area contributed by atoms with Crippen LogP contribution in [-0.4, -0.2) is 82.5 Å². The minimum absolute atomic E-state index is 0.0595. The number of ether oxygens (including phenoxy) is 3. The molecule has 1 N–H and O–H groups in total. The Bertz CT molecular complexity index is 1290. The fraction of sp³-hybridized carbons (Fsp3) is 0.484. The van der Waals surface area contributed by atoms with Gasteiger partial charge in [0.1, 0.15) is 30.4 Å². The second kappa shape index (κ2) is 13.2. The third kappa shape index (κ3) is 7.55. The Labute approximate surface area is 237 Å². The number of aromatic nitrogens is 2. The van der Waals surface area contributed by atoms with Gasteiger partial charge in [-0.15, -0.1) is 0 Å². The summed E-state index contributed by atoms with van der Waals surface area (Å²) in [4.78, 5) is 20.6. The molecule has 0 spiro atoms. The molecule has 1 atom stereocenters. The van der Waals surface area contributed by atoms with Crippen LogP contribution in [0.15, 0.2) is 48.8 Å². The summed E-state index contributed by atoms with van der Waals surface area (Å²) in [5.41, 5.74) is 2.12. The van der Waals surface area contributed by atoms with E-state index >= 15 is 0 Å². The van der Waals surface area contributed by atoms with Crippen molar-refractivity contribution in [3.63, 3.8) is 0 Å². The molecule has 3 aromatic rings. The molecule has 1 aromatic heterocycles. The van der Waals surface area contributed by atoms with Gasteiger partial charge in [-0.2, -0.15) is 0 Å². The zero-order valence-electron chi connectivity index (χ0n) is 24.4. The van der Waals surface area contributed by atoms with Crippen LogP contribution in [0.5, 0.6) is 17.2 Å². The van der Waals surface area contributed by atoms with Crippen molar-refractivity contribution in [3.8, 4) is 17.2 Å². The van der Waals surface area contributed by atoms with Crippen LogP contribution < -0.4 is 14.2 Å². The summed E-state index contributed by atoms with van der Waals surface area (Å²) in [5.74, 6) is 3.02. The Kier molecular flexibility index (Phi) is 9.71. The van der Waals surface area contributed by atoms with E-state index in [1.165, 1.54) is 5.56 Å². The molecule has 0 bridgehead atoms. The van der Waals surface area contributed by atoms with Crippen molar-refractivity contribution in [2.45, 2.75) is 52.8 Å². The quantitative estimate of drug-likeness (QED) is 0.390. The van der Waals surface area contributed by atoms with Crippen molar-refractivity contribution in [1.82, 2.24) is 19.4 Å². The predicted molar refractivity (Wildman–Crippen MR) is 154 cm³/mol. The zero-order chi connectivity index (χ0) is 28.7. The highest BCUT2D eigenvalue weighted by Gasteiger charge is 2.37. The summed E-state index contributed by atoms with van der Waals surface area (Å²) < 4.78 is 19.8. The lowest BCUT2D eigenvalue weighted by atomic mass is 10.0. The molecule has 1 saturated heterocycles. The molecule has 0 aliphatic carbocycles. The summed E-state index contributed by atoms with van der Waals surface area (Å²) in [6.07, 6.45) is 4.64. The average Bonchev–Trinajstić information content (AvgIpc) is 3.32. The van der Waals surface area contributed by atoms with Crippen molar-refractivity contribution in [2.24, 2.45) is 0 Å². The molecule has 1 amide bonds. The molecule has 1 aliphatic heterocycles. The van der Waals surface area contributed by atoms with Crippen LogP contribution in [0.3, 0.4) is 0 Å². The molecule has 2 aromatic carbocycles. The maximum atomic E-state index is 12.3. The van der Waals surface area contributed by atoms with Gasteiger partial charge < -0.3 is 28.8 Å². The number of imidazole rings is 1. The molecule has 1 aliphatic rings. The topological polar surface area (TPSA) is 89.3 Å². The standard InChI is InChI=1S/C31H42N4O5/c1-6-30-32-11-12-34(30)15-16-39-29-18-26(8-10-28(29)38-5)19-33-13-14-35(25(4)36)21-31(37,20-33)22-40-27-9-7-23(2)24(3)17-27/h7-12,17-18,37H,6,13-16,19-22H2,1-5H3/t31-/m0/s1. The fourth-order valence-electron chi connectivity index (χ4n) is 5.06. The average molecular weight is 551 g/mol. The van der Waals surface area contributed by atoms with Gasteiger partial charge in [-0.3, -0.25) is 9.69 Å². The number of aryl methyl sites for hydroxylation is 3. The Balaban J connectivity index is 1.45. The molecular formula is C31H42N4O5. The van der Waals surface area contributed by atoms with Gasteiger partial charge in [-0.1, -0.05) is 19.1 Å². The number of aliphatic hydroxyl groups is 1. The first-order valence-corrected chi connectivity index (χ1v) is 13.9. The van der Waals surface area contributed by atoms with Crippen LogP contribution in [0.25, 0.3) is 0 Å². The van der Waals surface area contributed by atoms with Crippen LogP contribution in [0.4, 0.5) is 0 Å². The lowest BCUT2D eigenvalue weighted by molar-refractivity contribution is -0.132. The molecule has 9 heteroatoms. The number of β-amino-alcohol motifs (C(OH)–C–C–N with tert-alkyl or cyclic N) is 1. The molecule has 216 valence electrons. The molecule has 0 saturated carbocycles. The molecular weight excluding hydrogens is 508 g/mol. The van der Waals surface area contributed by atoms with E-state index in [-0.39, 0.29) is 19.1 Å². The number of methoxy groups -OCH3 is 1. The fourth-order valence-corrected chi connectivity index (χ4v) is 5.06. The van der Waals surface area contributed by atoms with Gasteiger partial charge >= 0.3 is 0 Å². The van der Waals surface area contributed by atoms with Gasteiger partial charge in [-0.25, -0.2) is 4.98 Å². The first-order valence-electron chi connectivity index (χ1n) is 13.9. The van der Waals surface area contributed by atoms with Crippen molar-refractivity contribution in [2.75, 3.05) is 46.5 Å². The van der Waals surface area contributed by atoms with E-state index in [2.05, 4.69) is 28.3 Å². The first kappa shape index (κ1) is 29.4. The van der Waals surface area contributed by atoms with E-state index in [1.807, 2.05) is 55.7 Å². The molecule has 4 rings (SSSR count). The molecule has 40 heavy (non-hydrogen) atoms. The number of rotatable bonds is 11. The largest absolute Gasteiger partial charge is 0.493 e. The van der Waals surface area contributed by atoms with E-state index in [4.69, 9.17) is 14.2 Å². The number of carbonyl (C=O) groups is 1. The molecule has 9 nitrogen and oxygen atoms in total. The summed E-state index contributed by atoms with van der Waals surface area (Å²) in [7, 11) is 1.63. The maximum absolute atomic E-state index is 12.3. The van der Waals surface area contributed by atoms with Crippen LogP contribution in [-0.2, 0) is 24.3 Å². The summed E-state index contributed by atoms with van der Waals surface area (Å²) in [6.45, 7) is 11.3. The maximum Gasteiger partial charge on any atom is 0.219 e. The smallest absolute Gasteiger partial charge is 0.219 e. The van der Waals surface area contributed by atoms with Crippen LogP contribution in [0.2, 0.25) is 0 Å². The van der Waals surface area contributed by atoms with Crippen LogP contribution in [0.1, 0.15) is 36.4 Å². The number of carbonyl (C=O) groups excluding carboxylic acids is 1. The number of hydrogen-bond acceptors (Lipinski definition) is 7. The number of benzene rings is 2. The van der Waals surface area contributed by atoms with Gasteiger partial charge in [0.05, 0.1) is 20.2 Å². The number of hydrogen-bond donors (Lipinski definition) is 1. The van der Waals surface area contributed by atoms with Crippen molar-refractivity contribution < 1.29 is 24.1 Å². The highest BCUT2D eigenvalue weighted by Crippen LogP contribution is 2.29. The van der Waals surface area contributed by atoms with Gasteiger partial charge in [-0.05, 0) is 54.8 Å². The van der Waals surface area contributed by atoms with Crippen LogP contribution in [0, 0.1) is 13.8 Å². The minimum atomic E-state index is -1.23. The minimum Gasteiger partial charge on any atom is -0.493 e. The van der Waals surface area contributed by atoms with Gasteiger partial charge in [0.25, 0.3) is 0 Å². The summed E-state index contributed by atoms with van der Waals surface area (Å²) >= 11 is 0. The van der Waals surface area contributed by atoms with Crippen molar-refractivity contribution >= 4 is 5.91 Å². The van der Waals surface area contributed by atoms with E-state index in [9.17, 15) is 9.90 Å². The third-order valence-electron chi connectivity index (χ3n) is 7.46. The van der Waals surface area contributed by atoms with E-state index < -0.39 is 5.60 Å². The third-order valence-corrected chi connectivity index (χ3v) is 7.46. The number of amides is 1. The van der Waals surface area contributed by atoms with Gasteiger partial charge in [0, 0.05) is 51.9 Å². The normalized spacial score (nSPS) is 17.9. The molecule has 1 fully saturated rings. The van der Waals surface area contributed by atoms with E-state index in [1.54, 1.807) is 18.9 Å². The van der Waals surface area contributed by atoms with Gasteiger partial charge in [0.2, 0.25) is 5.91 Å². The highest BCUT2D eigenvalue weighted by molar-refractivity contribution is 5.73. The second-order valence-corrected chi connectivity index (χ2v) is 10.6. The monoisotopic (exact) mass is 550 g/mol. The molecule has 0 radical (unpaired) electrons.